The van der Waals surface area contributed by atoms with Gasteiger partial charge >= 0.3 is 0 Å². The quantitative estimate of drug-likeness (QED) is 0.284. The summed E-state index contributed by atoms with van der Waals surface area (Å²) in [5, 5.41) is 26.4. The number of halogens is 3. The van der Waals surface area contributed by atoms with Gasteiger partial charge in [-0.25, -0.2) is 13.2 Å². The monoisotopic (exact) mass is 558 g/mol. The van der Waals surface area contributed by atoms with Gasteiger partial charge in [0.15, 0.2) is 17.4 Å². The summed E-state index contributed by atoms with van der Waals surface area (Å²) in [5.41, 5.74) is 0.0559. The zero-order valence-corrected chi connectivity index (χ0v) is 22.7. The van der Waals surface area contributed by atoms with Gasteiger partial charge in [-0.05, 0) is 67.3 Å². The van der Waals surface area contributed by atoms with E-state index in [1.165, 1.54) is 28.8 Å². The first-order valence-electron chi connectivity index (χ1n) is 13.5. The van der Waals surface area contributed by atoms with Crippen molar-refractivity contribution >= 4 is 16.7 Å². The first-order valence-corrected chi connectivity index (χ1v) is 13.5. The number of Topliss-reactive ketones (excluding diaryl/α,β-unsaturated/α-hetero) is 1. The molecule has 3 aromatic carbocycles. The van der Waals surface area contributed by atoms with Crippen LogP contribution >= 0.6 is 0 Å². The molecule has 4 aromatic rings. The molecule has 2 saturated heterocycles. The zero-order chi connectivity index (χ0) is 29.1. The summed E-state index contributed by atoms with van der Waals surface area (Å²) in [6.45, 7) is 5.66. The molecule has 2 aliphatic heterocycles. The largest absolute Gasteiger partial charge is 0.389 e. The Kier molecular flexibility index (Phi) is 6.53. The lowest BCUT2D eigenvalue weighted by Gasteiger charge is -2.38. The number of nitrogens with zero attached hydrogens (tertiary/aromatic N) is 2. The summed E-state index contributed by atoms with van der Waals surface area (Å²) in [6.07, 6.45) is 2.28. The van der Waals surface area contributed by atoms with Crippen molar-refractivity contribution in [1.82, 2.24) is 15.2 Å². The molecule has 0 aliphatic carbocycles. The van der Waals surface area contributed by atoms with Crippen LogP contribution in [0, 0.1) is 34.2 Å². The number of rotatable bonds is 6. The molecular weight excluding hydrogens is 529 g/mol. The molecule has 1 atom stereocenters. The highest BCUT2D eigenvalue weighted by Gasteiger charge is 2.45. The lowest BCUT2D eigenvalue weighted by molar-refractivity contribution is 0.0627. The Bertz CT molecular complexity index is 1740. The van der Waals surface area contributed by atoms with E-state index in [9.17, 15) is 19.6 Å². The van der Waals surface area contributed by atoms with Gasteiger partial charge in [0.25, 0.3) is 0 Å². The number of nitriles is 1. The van der Waals surface area contributed by atoms with Crippen molar-refractivity contribution in [3.63, 3.8) is 0 Å². The number of hydrogen-bond donors (Lipinski definition) is 3. The number of ketones is 1. The molecule has 210 valence electrons. The second-order valence-electron chi connectivity index (χ2n) is 11.9. The predicted octanol–water partition coefficient (Wildman–Crippen LogP) is 5.17. The standard InChI is InChI=1S/C32H29F3N4O2/c1-31(2,41)17-39-8-7-19-9-24(27(34)28(35)29(19)39)22-6-5-20(30(40)26-12-32(16-38-26)14-37-15-32)10-23(22)18-3-4-21(13-36)25(33)11-18/h3-11,26,37-38,41H,12,14-17H2,1-2H3. The van der Waals surface area contributed by atoms with Crippen LogP contribution in [0.1, 0.15) is 36.2 Å². The molecule has 1 unspecified atom stereocenters. The maximum Gasteiger partial charge on any atom is 0.183 e. The number of carbonyl (C=O) groups is 1. The molecule has 2 aliphatic rings. The van der Waals surface area contributed by atoms with E-state index in [1.807, 2.05) is 0 Å². The lowest BCUT2D eigenvalue weighted by atomic mass is 9.79. The smallest absolute Gasteiger partial charge is 0.183 e. The minimum Gasteiger partial charge on any atom is -0.389 e. The molecule has 2 fully saturated rings. The van der Waals surface area contributed by atoms with Gasteiger partial charge in [-0.3, -0.25) is 4.79 Å². The van der Waals surface area contributed by atoms with Crippen LogP contribution < -0.4 is 10.6 Å². The van der Waals surface area contributed by atoms with Crippen molar-refractivity contribution in [3.8, 4) is 28.3 Å². The van der Waals surface area contributed by atoms with Crippen LogP contribution in [0.5, 0.6) is 0 Å². The van der Waals surface area contributed by atoms with Gasteiger partial charge in [0, 0.05) is 47.8 Å². The molecule has 41 heavy (non-hydrogen) atoms. The van der Waals surface area contributed by atoms with Gasteiger partial charge in [-0.2, -0.15) is 5.26 Å². The Morgan fingerprint density at radius 2 is 1.83 bits per heavy atom. The Balaban J connectivity index is 1.48. The van der Waals surface area contributed by atoms with Crippen LogP contribution in [0.3, 0.4) is 0 Å². The van der Waals surface area contributed by atoms with E-state index in [0.29, 0.717) is 28.5 Å². The molecule has 0 bridgehead atoms. The molecule has 9 heteroatoms. The molecule has 6 rings (SSSR count). The maximum absolute atomic E-state index is 15.8. The fourth-order valence-electron chi connectivity index (χ4n) is 6.04. The number of aliphatic hydroxyl groups is 1. The highest BCUT2D eigenvalue weighted by molar-refractivity contribution is 6.03. The van der Waals surface area contributed by atoms with E-state index < -0.39 is 23.1 Å². The second-order valence-corrected chi connectivity index (χ2v) is 11.9. The first-order chi connectivity index (χ1) is 19.5. The molecule has 6 nitrogen and oxygen atoms in total. The third-order valence-electron chi connectivity index (χ3n) is 8.16. The Morgan fingerprint density at radius 1 is 1.05 bits per heavy atom. The molecule has 1 aromatic heterocycles. The van der Waals surface area contributed by atoms with Crippen molar-refractivity contribution in [2.24, 2.45) is 5.41 Å². The number of hydrogen-bond acceptors (Lipinski definition) is 5. The van der Waals surface area contributed by atoms with Crippen molar-refractivity contribution in [2.75, 3.05) is 19.6 Å². The minimum atomic E-state index is -1.15. The van der Waals surface area contributed by atoms with E-state index in [2.05, 4.69) is 10.6 Å². The van der Waals surface area contributed by atoms with Crippen molar-refractivity contribution in [1.29, 1.82) is 5.26 Å². The van der Waals surface area contributed by atoms with Crippen LogP contribution in [0.2, 0.25) is 0 Å². The molecule has 3 heterocycles. The number of fused-ring (bicyclic) bond motifs is 1. The van der Waals surface area contributed by atoms with Crippen LogP contribution in [0.15, 0.2) is 54.7 Å². The zero-order valence-electron chi connectivity index (χ0n) is 22.7. The first kappa shape index (κ1) is 27.2. The molecule has 0 saturated carbocycles. The molecule has 3 N–H and O–H groups in total. The summed E-state index contributed by atoms with van der Waals surface area (Å²) >= 11 is 0. The third kappa shape index (κ3) is 4.82. The summed E-state index contributed by atoms with van der Waals surface area (Å²) in [7, 11) is 0. The van der Waals surface area contributed by atoms with E-state index >= 15 is 8.78 Å². The van der Waals surface area contributed by atoms with Crippen LogP contribution in [0.25, 0.3) is 33.2 Å². The maximum atomic E-state index is 15.8. The average Bonchev–Trinajstić information content (AvgIpc) is 3.54. The predicted molar refractivity (Wildman–Crippen MR) is 150 cm³/mol. The number of aromatic nitrogens is 1. The summed E-state index contributed by atoms with van der Waals surface area (Å²) < 4.78 is 47.6. The summed E-state index contributed by atoms with van der Waals surface area (Å²) in [6, 6.07) is 13.3. The van der Waals surface area contributed by atoms with E-state index in [0.717, 1.165) is 19.6 Å². The van der Waals surface area contributed by atoms with Crippen LogP contribution in [-0.2, 0) is 6.54 Å². The van der Waals surface area contributed by atoms with E-state index in [1.54, 1.807) is 50.4 Å². The lowest BCUT2D eigenvalue weighted by Crippen LogP contribution is -2.54. The summed E-state index contributed by atoms with van der Waals surface area (Å²) in [4.78, 5) is 13.5. The molecule has 0 amide bonds. The van der Waals surface area contributed by atoms with Crippen molar-refractivity contribution < 1.29 is 23.1 Å². The number of nitrogens with one attached hydrogen (secondary N) is 2. The third-order valence-corrected chi connectivity index (χ3v) is 8.16. The van der Waals surface area contributed by atoms with E-state index in [-0.39, 0.29) is 46.0 Å². The second kappa shape index (κ2) is 9.84. The normalized spacial score (nSPS) is 18.0. The SMILES string of the molecule is CC(C)(O)Cn1ccc2cc(-c3ccc(C(=O)C4CC5(CNC5)CN4)cc3-c3ccc(C#N)c(F)c3)c(F)c(F)c21. The number of benzene rings is 3. The number of carbonyl (C=O) groups excluding carboxylic acids is 1. The topological polar surface area (TPSA) is 90.1 Å². The minimum absolute atomic E-state index is 0.0258. The van der Waals surface area contributed by atoms with Gasteiger partial charge < -0.3 is 20.3 Å². The fourth-order valence-corrected chi connectivity index (χ4v) is 6.04. The van der Waals surface area contributed by atoms with Gasteiger partial charge in [-0.15, -0.1) is 0 Å². The van der Waals surface area contributed by atoms with Crippen molar-refractivity contribution in [2.45, 2.75) is 38.5 Å². The van der Waals surface area contributed by atoms with Gasteiger partial charge in [-0.1, -0.05) is 18.2 Å². The molecular formula is C32H29F3N4O2. The van der Waals surface area contributed by atoms with Gasteiger partial charge in [0.1, 0.15) is 11.9 Å². The Morgan fingerprint density at radius 3 is 2.46 bits per heavy atom. The Labute approximate surface area is 235 Å². The van der Waals surface area contributed by atoms with Crippen LogP contribution in [0.4, 0.5) is 13.2 Å². The fraction of sp³-hybridized carbons (Fsp3) is 0.312. The molecule has 1 spiro atoms. The molecule has 0 radical (unpaired) electrons. The van der Waals surface area contributed by atoms with Gasteiger partial charge in [0.05, 0.1) is 29.3 Å². The van der Waals surface area contributed by atoms with Crippen molar-refractivity contribution in [3.05, 3.63) is 83.3 Å². The highest BCUT2D eigenvalue weighted by Crippen LogP contribution is 2.40. The highest BCUT2D eigenvalue weighted by atomic mass is 19.2. The summed E-state index contributed by atoms with van der Waals surface area (Å²) in [5.74, 6) is -3.05. The van der Waals surface area contributed by atoms with Crippen LogP contribution in [-0.4, -0.2) is 46.7 Å². The average molecular weight is 559 g/mol. The van der Waals surface area contributed by atoms with E-state index in [4.69, 9.17) is 0 Å². The Hall–Kier alpha value is -3.97. The van der Waals surface area contributed by atoms with Gasteiger partial charge in [0.2, 0.25) is 0 Å².